The van der Waals surface area contributed by atoms with Gasteiger partial charge in [0, 0.05) is 18.4 Å². The number of anilines is 3. The number of rotatable bonds is 4. The largest absolute Gasteiger partial charge is 0.478 e. The average molecular weight is 275 g/mol. The summed E-state index contributed by atoms with van der Waals surface area (Å²) in [5.41, 5.74) is 6.64. The normalized spacial score (nSPS) is 10.3. The Bertz CT molecular complexity index is 629. The molecule has 3 N–H and O–H groups in total. The summed E-state index contributed by atoms with van der Waals surface area (Å²) in [4.78, 5) is 16.9. The molecule has 0 saturated heterocycles. The number of carboxylic acids is 1. The molecule has 2 aromatic rings. The van der Waals surface area contributed by atoms with E-state index in [0.717, 1.165) is 0 Å². The Hall–Kier alpha value is -2.63. The smallest absolute Gasteiger partial charge is 0.337 e. The molecule has 1 aromatic carbocycles. The van der Waals surface area contributed by atoms with Gasteiger partial charge in [0.15, 0.2) is 5.82 Å². The summed E-state index contributed by atoms with van der Waals surface area (Å²) in [5, 5.41) is 9.08. The third kappa shape index (κ3) is 2.54. The Kier molecular flexibility index (Phi) is 3.84. The van der Waals surface area contributed by atoms with Gasteiger partial charge in [0.25, 0.3) is 0 Å². The van der Waals surface area contributed by atoms with Gasteiger partial charge in [-0.3, -0.25) is 0 Å². The molecule has 5 nitrogen and oxygen atoms in total. The fraction of sp³-hybridized carbons (Fsp3) is 0.143. The molecule has 2 rings (SSSR count). The fourth-order valence-electron chi connectivity index (χ4n) is 1.94. The zero-order valence-electron chi connectivity index (χ0n) is 10.9. The van der Waals surface area contributed by atoms with Crippen molar-refractivity contribution >= 4 is 23.2 Å². The van der Waals surface area contributed by atoms with E-state index >= 15 is 0 Å². The molecule has 6 heteroatoms. The monoisotopic (exact) mass is 275 g/mol. The van der Waals surface area contributed by atoms with Crippen LogP contribution in [0.2, 0.25) is 0 Å². The van der Waals surface area contributed by atoms with Crippen LogP contribution >= 0.6 is 0 Å². The van der Waals surface area contributed by atoms with E-state index < -0.39 is 5.97 Å². The summed E-state index contributed by atoms with van der Waals surface area (Å²) in [6.45, 7) is 2.39. The zero-order valence-corrected chi connectivity index (χ0v) is 10.9. The standard InChI is InChI=1S/C14H14FN3O2/c1-2-18(10-5-3-9(15)4-6-10)13-12(16)11(14(19)20)7-8-17-13/h3-8H,2,16H2,1H3,(H,19,20). The first-order valence-electron chi connectivity index (χ1n) is 6.05. The van der Waals surface area contributed by atoms with Crippen molar-refractivity contribution in [2.45, 2.75) is 6.92 Å². The first-order valence-corrected chi connectivity index (χ1v) is 6.05. The van der Waals surface area contributed by atoms with Crippen molar-refractivity contribution < 1.29 is 14.3 Å². The average Bonchev–Trinajstić information content (AvgIpc) is 2.43. The van der Waals surface area contributed by atoms with E-state index in [9.17, 15) is 9.18 Å². The fourth-order valence-corrected chi connectivity index (χ4v) is 1.94. The lowest BCUT2D eigenvalue weighted by molar-refractivity contribution is 0.0698. The molecule has 0 amide bonds. The van der Waals surface area contributed by atoms with Crippen LogP contribution in [0.15, 0.2) is 36.5 Å². The molecule has 0 fully saturated rings. The lowest BCUT2D eigenvalue weighted by Gasteiger charge is -2.24. The van der Waals surface area contributed by atoms with Crippen molar-refractivity contribution in [2.24, 2.45) is 0 Å². The molecule has 0 aliphatic rings. The number of nitrogen functional groups attached to an aromatic ring is 1. The third-order valence-corrected chi connectivity index (χ3v) is 2.91. The Balaban J connectivity index is 2.49. The van der Waals surface area contributed by atoms with Crippen molar-refractivity contribution in [2.75, 3.05) is 17.2 Å². The zero-order chi connectivity index (χ0) is 14.7. The van der Waals surface area contributed by atoms with Crippen molar-refractivity contribution in [1.82, 2.24) is 4.98 Å². The molecule has 0 spiro atoms. The number of carboxylic acid groups (broad SMARTS) is 1. The number of pyridine rings is 1. The van der Waals surface area contributed by atoms with Gasteiger partial charge >= 0.3 is 5.97 Å². The van der Waals surface area contributed by atoms with E-state index in [-0.39, 0.29) is 17.1 Å². The first-order chi connectivity index (χ1) is 9.54. The van der Waals surface area contributed by atoms with Gasteiger partial charge in [-0.05, 0) is 37.3 Å². The summed E-state index contributed by atoms with van der Waals surface area (Å²) < 4.78 is 13.0. The maximum Gasteiger partial charge on any atom is 0.337 e. The predicted octanol–water partition coefficient (Wildman–Crippen LogP) is 2.66. The number of aromatic nitrogens is 1. The summed E-state index contributed by atoms with van der Waals surface area (Å²) in [6.07, 6.45) is 1.39. The van der Waals surface area contributed by atoms with Gasteiger partial charge in [-0.15, -0.1) is 0 Å². The second-order valence-corrected chi connectivity index (χ2v) is 4.12. The van der Waals surface area contributed by atoms with E-state index in [1.54, 1.807) is 17.0 Å². The van der Waals surface area contributed by atoms with Crippen molar-refractivity contribution in [1.29, 1.82) is 0 Å². The van der Waals surface area contributed by atoms with Gasteiger partial charge in [-0.25, -0.2) is 14.2 Å². The van der Waals surface area contributed by atoms with Crippen LogP contribution in [-0.2, 0) is 0 Å². The molecule has 0 radical (unpaired) electrons. The number of aromatic carboxylic acids is 1. The van der Waals surface area contributed by atoms with Crippen molar-refractivity contribution in [3.8, 4) is 0 Å². The Morgan fingerprint density at radius 2 is 2.00 bits per heavy atom. The van der Waals surface area contributed by atoms with Crippen LogP contribution in [0.1, 0.15) is 17.3 Å². The number of hydrogen-bond donors (Lipinski definition) is 2. The molecule has 20 heavy (non-hydrogen) atoms. The number of carbonyl (C=O) groups is 1. The highest BCUT2D eigenvalue weighted by molar-refractivity contribution is 5.97. The molecule has 0 aliphatic carbocycles. The number of benzene rings is 1. The van der Waals surface area contributed by atoms with Gasteiger partial charge in [0.1, 0.15) is 5.82 Å². The summed E-state index contributed by atoms with van der Waals surface area (Å²) >= 11 is 0. The second-order valence-electron chi connectivity index (χ2n) is 4.12. The van der Waals surface area contributed by atoms with Gasteiger partial charge in [-0.2, -0.15) is 0 Å². The van der Waals surface area contributed by atoms with Crippen molar-refractivity contribution in [3.05, 3.63) is 47.9 Å². The molecular formula is C14H14FN3O2. The summed E-state index contributed by atoms with van der Waals surface area (Å²) in [7, 11) is 0. The van der Waals surface area contributed by atoms with E-state index in [0.29, 0.717) is 18.1 Å². The summed E-state index contributed by atoms with van der Waals surface area (Å²) in [6, 6.07) is 7.19. The quantitative estimate of drug-likeness (QED) is 0.896. The Labute approximate surface area is 115 Å². The minimum absolute atomic E-state index is 0.00411. The topological polar surface area (TPSA) is 79.5 Å². The predicted molar refractivity (Wildman–Crippen MR) is 74.7 cm³/mol. The number of nitrogens with zero attached hydrogens (tertiary/aromatic N) is 2. The van der Waals surface area contributed by atoms with Crippen LogP contribution in [0.3, 0.4) is 0 Å². The van der Waals surface area contributed by atoms with Gasteiger partial charge in [0.2, 0.25) is 0 Å². The van der Waals surface area contributed by atoms with Crippen LogP contribution in [-0.4, -0.2) is 22.6 Å². The molecule has 104 valence electrons. The van der Waals surface area contributed by atoms with Crippen LogP contribution in [0, 0.1) is 5.82 Å². The SMILES string of the molecule is CCN(c1ccc(F)cc1)c1nccc(C(=O)O)c1N. The molecule has 1 aromatic heterocycles. The highest BCUT2D eigenvalue weighted by Crippen LogP contribution is 2.30. The number of nitrogens with two attached hydrogens (primary N) is 1. The summed E-state index contributed by atoms with van der Waals surface area (Å²) in [5.74, 6) is -1.11. The van der Waals surface area contributed by atoms with E-state index in [1.165, 1.54) is 24.4 Å². The first kappa shape index (κ1) is 13.8. The Morgan fingerprint density at radius 3 is 2.55 bits per heavy atom. The highest BCUT2D eigenvalue weighted by atomic mass is 19.1. The second kappa shape index (κ2) is 5.56. The van der Waals surface area contributed by atoms with Gasteiger partial charge in [0.05, 0.1) is 11.3 Å². The molecule has 0 aliphatic heterocycles. The van der Waals surface area contributed by atoms with Crippen LogP contribution < -0.4 is 10.6 Å². The Morgan fingerprint density at radius 1 is 1.35 bits per heavy atom. The lowest BCUT2D eigenvalue weighted by Crippen LogP contribution is -2.20. The van der Waals surface area contributed by atoms with Crippen LogP contribution in [0.25, 0.3) is 0 Å². The minimum Gasteiger partial charge on any atom is -0.478 e. The number of halogens is 1. The lowest BCUT2D eigenvalue weighted by atomic mass is 10.2. The van der Waals surface area contributed by atoms with Gasteiger partial charge in [-0.1, -0.05) is 0 Å². The molecule has 0 atom stereocenters. The van der Waals surface area contributed by atoms with Gasteiger partial charge < -0.3 is 15.7 Å². The number of hydrogen-bond acceptors (Lipinski definition) is 4. The molecule has 0 unspecified atom stereocenters. The maximum absolute atomic E-state index is 13.0. The molecule has 0 saturated carbocycles. The third-order valence-electron chi connectivity index (χ3n) is 2.91. The van der Waals surface area contributed by atoms with E-state index in [4.69, 9.17) is 10.8 Å². The van der Waals surface area contributed by atoms with Crippen LogP contribution in [0.5, 0.6) is 0 Å². The highest BCUT2D eigenvalue weighted by Gasteiger charge is 2.17. The maximum atomic E-state index is 13.0. The molecular weight excluding hydrogens is 261 g/mol. The molecule has 1 heterocycles. The van der Waals surface area contributed by atoms with Crippen LogP contribution in [0.4, 0.5) is 21.6 Å². The van der Waals surface area contributed by atoms with Crippen molar-refractivity contribution in [3.63, 3.8) is 0 Å². The molecule has 0 bridgehead atoms. The van der Waals surface area contributed by atoms with E-state index in [1.807, 2.05) is 6.92 Å². The van der Waals surface area contributed by atoms with E-state index in [2.05, 4.69) is 4.98 Å². The minimum atomic E-state index is -1.11.